The van der Waals surface area contributed by atoms with Gasteiger partial charge in [0.15, 0.2) is 0 Å². The lowest BCUT2D eigenvalue weighted by atomic mass is 10.1. The Morgan fingerprint density at radius 2 is 2.46 bits per heavy atom. The van der Waals surface area contributed by atoms with Crippen LogP contribution in [0.15, 0.2) is 0 Å². The molecule has 1 heterocycles. The normalized spacial score (nSPS) is 24.3. The van der Waals surface area contributed by atoms with Crippen molar-refractivity contribution in [3.05, 3.63) is 0 Å². The highest BCUT2D eigenvalue weighted by Crippen LogP contribution is 2.07. The van der Waals surface area contributed by atoms with Gasteiger partial charge in [0.25, 0.3) is 0 Å². The summed E-state index contributed by atoms with van der Waals surface area (Å²) in [5.74, 6) is 0.110. The number of nitrogens with one attached hydrogen (secondary N) is 1. The number of nitrogens with two attached hydrogens (primary N) is 1. The van der Waals surface area contributed by atoms with Crippen LogP contribution in [-0.2, 0) is 4.79 Å². The molecule has 0 aromatic carbocycles. The Bertz CT molecular complexity index is 172. The molecule has 1 saturated heterocycles. The molecule has 0 spiro atoms. The fourth-order valence-corrected chi connectivity index (χ4v) is 1.68. The van der Waals surface area contributed by atoms with Crippen molar-refractivity contribution in [2.24, 2.45) is 5.73 Å². The van der Waals surface area contributed by atoms with Crippen LogP contribution in [0.2, 0.25) is 0 Å². The summed E-state index contributed by atoms with van der Waals surface area (Å²) in [5, 5.41) is 2.62. The highest BCUT2D eigenvalue weighted by molar-refractivity contribution is 5.75. The van der Waals surface area contributed by atoms with E-state index < -0.39 is 0 Å². The summed E-state index contributed by atoms with van der Waals surface area (Å²) < 4.78 is 0. The molecule has 76 valence electrons. The molecule has 0 aromatic heterocycles. The molecule has 1 rings (SSSR count). The van der Waals surface area contributed by atoms with Crippen molar-refractivity contribution in [2.45, 2.75) is 25.3 Å². The van der Waals surface area contributed by atoms with E-state index >= 15 is 0 Å². The fraction of sp³-hybridized carbons (Fsp3) is 0.889. The van der Waals surface area contributed by atoms with Crippen LogP contribution in [0.3, 0.4) is 0 Å². The molecule has 4 nitrogen and oxygen atoms in total. The van der Waals surface area contributed by atoms with E-state index in [0.29, 0.717) is 12.5 Å². The number of carbonyl (C=O) groups is 1. The lowest BCUT2D eigenvalue weighted by Gasteiger charge is -2.30. The van der Waals surface area contributed by atoms with Crippen LogP contribution < -0.4 is 11.1 Å². The topological polar surface area (TPSA) is 58.4 Å². The van der Waals surface area contributed by atoms with Crippen molar-refractivity contribution in [3.63, 3.8) is 0 Å². The summed E-state index contributed by atoms with van der Waals surface area (Å²) in [6, 6.07) is 0.304. The van der Waals surface area contributed by atoms with Crippen LogP contribution in [-0.4, -0.2) is 43.5 Å². The summed E-state index contributed by atoms with van der Waals surface area (Å²) in [7, 11) is 1.67. The SMILES string of the molecule is CNC(=O)CCN1CCC[C@@H](N)C1. The van der Waals surface area contributed by atoms with E-state index in [0.717, 1.165) is 32.5 Å². The van der Waals surface area contributed by atoms with Gasteiger partial charge in [-0.25, -0.2) is 0 Å². The molecule has 0 bridgehead atoms. The van der Waals surface area contributed by atoms with Crippen LogP contribution in [0.1, 0.15) is 19.3 Å². The molecule has 0 saturated carbocycles. The van der Waals surface area contributed by atoms with Crippen molar-refractivity contribution in [2.75, 3.05) is 26.7 Å². The molecule has 0 aliphatic carbocycles. The first-order valence-electron chi connectivity index (χ1n) is 4.91. The van der Waals surface area contributed by atoms with E-state index in [1.165, 1.54) is 0 Å². The first kappa shape index (κ1) is 10.5. The minimum absolute atomic E-state index is 0.110. The second-order valence-corrected chi connectivity index (χ2v) is 3.63. The van der Waals surface area contributed by atoms with Gasteiger partial charge in [-0.2, -0.15) is 0 Å². The fourth-order valence-electron chi connectivity index (χ4n) is 1.68. The zero-order valence-electron chi connectivity index (χ0n) is 8.25. The van der Waals surface area contributed by atoms with Gasteiger partial charge >= 0.3 is 0 Å². The van der Waals surface area contributed by atoms with Crippen molar-refractivity contribution in [1.29, 1.82) is 0 Å². The van der Waals surface area contributed by atoms with Crippen LogP contribution in [0.25, 0.3) is 0 Å². The van der Waals surface area contributed by atoms with E-state index in [4.69, 9.17) is 5.73 Å². The number of rotatable bonds is 3. The number of amides is 1. The Kier molecular flexibility index (Phi) is 4.18. The van der Waals surface area contributed by atoms with Gasteiger partial charge in [0.05, 0.1) is 0 Å². The van der Waals surface area contributed by atoms with E-state index in [-0.39, 0.29) is 5.91 Å². The molecule has 1 amide bonds. The van der Waals surface area contributed by atoms with E-state index in [1.54, 1.807) is 7.05 Å². The first-order valence-corrected chi connectivity index (χ1v) is 4.91. The van der Waals surface area contributed by atoms with Gasteiger partial charge in [-0.1, -0.05) is 0 Å². The molecule has 13 heavy (non-hydrogen) atoms. The monoisotopic (exact) mass is 185 g/mol. The second kappa shape index (κ2) is 5.19. The van der Waals surface area contributed by atoms with Crippen LogP contribution in [0, 0.1) is 0 Å². The number of piperidine rings is 1. The highest BCUT2D eigenvalue weighted by Gasteiger charge is 2.16. The summed E-state index contributed by atoms with van der Waals surface area (Å²) >= 11 is 0. The van der Waals surface area contributed by atoms with E-state index in [2.05, 4.69) is 10.2 Å². The van der Waals surface area contributed by atoms with E-state index in [1.807, 2.05) is 0 Å². The molecular formula is C9H19N3O. The van der Waals surface area contributed by atoms with Crippen molar-refractivity contribution in [3.8, 4) is 0 Å². The maximum atomic E-state index is 11.0. The largest absolute Gasteiger partial charge is 0.359 e. The molecule has 0 radical (unpaired) electrons. The zero-order chi connectivity index (χ0) is 9.68. The average molecular weight is 185 g/mol. The zero-order valence-corrected chi connectivity index (χ0v) is 8.25. The molecule has 1 aliphatic rings. The number of nitrogens with zero attached hydrogens (tertiary/aromatic N) is 1. The van der Waals surface area contributed by atoms with Gasteiger partial charge in [0, 0.05) is 32.6 Å². The Morgan fingerprint density at radius 3 is 3.08 bits per heavy atom. The third-order valence-electron chi connectivity index (χ3n) is 2.48. The van der Waals surface area contributed by atoms with Gasteiger partial charge in [-0.3, -0.25) is 4.79 Å². The second-order valence-electron chi connectivity index (χ2n) is 3.63. The van der Waals surface area contributed by atoms with Crippen molar-refractivity contribution < 1.29 is 4.79 Å². The lowest BCUT2D eigenvalue weighted by Crippen LogP contribution is -2.43. The summed E-state index contributed by atoms with van der Waals surface area (Å²) in [6.07, 6.45) is 2.87. The molecule has 3 N–H and O–H groups in total. The van der Waals surface area contributed by atoms with E-state index in [9.17, 15) is 4.79 Å². The third kappa shape index (κ3) is 3.74. The lowest BCUT2D eigenvalue weighted by molar-refractivity contribution is -0.121. The summed E-state index contributed by atoms with van der Waals surface area (Å²) in [6.45, 7) is 2.87. The standard InChI is InChI=1S/C9H19N3O/c1-11-9(13)4-6-12-5-2-3-8(10)7-12/h8H,2-7,10H2,1H3,(H,11,13)/t8-/m1/s1. The summed E-state index contributed by atoms with van der Waals surface area (Å²) in [5.41, 5.74) is 5.82. The molecule has 1 atom stereocenters. The molecule has 4 heteroatoms. The quantitative estimate of drug-likeness (QED) is 0.626. The highest BCUT2D eigenvalue weighted by atomic mass is 16.1. The Balaban J connectivity index is 2.17. The third-order valence-corrected chi connectivity index (χ3v) is 2.48. The predicted molar refractivity (Wildman–Crippen MR) is 52.3 cm³/mol. The first-order chi connectivity index (χ1) is 6.22. The molecular weight excluding hydrogens is 166 g/mol. The number of hydrogen-bond donors (Lipinski definition) is 2. The minimum Gasteiger partial charge on any atom is -0.359 e. The van der Waals surface area contributed by atoms with Crippen molar-refractivity contribution in [1.82, 2.24) is 10.2 Å². The smallest absolute Gasteiger partial charge is 0.221 e. The number of likely N-dealkylation sites (tertiary alicyclic amines) is 1. The van der Waals surface area contributed by atoms with Gasteiger partial charge in [0.1, 0.15) is 0 Å². The van der Waals surface area contributed by atoms with Gasteiger partial charge in [0.2, 0.25) is 5.91 Å². The van der Waals surface area contributed by atoms with Crippen LogP contribution >= 0.6 is 0 Å². The maximum Gasteiger partial charge on any atom is 0.221 e. The number of hydrogen-bond acceptors (Lipinski definition) is 3. The van der Waals surface area contributed by atoms with Gasteiger partial charge in [-0.05, 0) is 19.4 Å². The Morgan fingerprint density at radius 1 is 1.69 bits per heavy atom. The molecule has 0 aromatic rings. The molecule has 1 fully saturated rings. The summed E-state index contributed by atoms with van der Waals surface area (Å²) in [4.78, 5) is 13.2. The molecule has 0 unspecified atom stereocenters. The van der Waals surface area contributed by atoms with Gasteiger partial charge < -0.3 is 16.0 Å². The average Bonchev–Trinajstić information content (AvgIpc) is 2.14. The Hall–Kier alpha value is -0.610. The van der Waals surface area contributed by atoms with Crippen LogP contribution in [0.5, 0.6) is 0 Å². The van der Waals surface area contributed by atoms with Crippen LogP contribution in [0.4, 0.5) is 0 Å². The predicted octanol–water partition coefficient (Wildman–Crippen LogP) is -0.454. The minimum atomic E-state index is 0.110. The number of carbonyl (C=O) groups excluding carboxylic acids is 1. The maximum absolute atomic E-state index is 11.0. The van der Waals surface area contributed by atoms with Gasteiger partial charge in [-0.15, -0.1) is 0 Å². The van der Waals surface area contributed by atoms with Crippen molar-refractivity contribution >= 4 is 5.91 Å². The molecule has 1 aliphatic heterocycles. The Labute approximate surface area is 79.5 Å².